The van der Waals surface area contributed by atoms with Crippen LogP contribution in [0.25, 0.3) is 0 Å². The van der Waals surface area contributed by atoms with Gasteiger partial charge in [-0.25, -0.2) is 0 Å². The van der Waals surface area contributed by atoms with Gasteiger partial charge in [0.25, 0.3) is 0 Å². The van der Waals surface area contributed by atoms with Gasteiger partial charge < -0.3 is 5.11 Å². The maximum absolute atomic E-state index is 10.0. The number of aliphatic hydroxyl groups is 1. The van der Waals surface area contributed by atoms with Gasteiger partial charge in [0.1, 0.15) is 0 Å². The minimum absolute atomic E-state index is 0. The first-order valence-electron chi connectivity index (χ1n) is 6.87. The molecule has 1 N–H and O–H groups in total. The average molecular weight is 402 g/mol. The summed E-state index contributed by atoms with van der Waals surface area (Å²) in [6, 6.07) is 9.74. The minimum Gasteiger partial charge on any atom is -0.0312 e. The summed E-state index contributed by atoms with van der Waals surface area (Å²) < 4.78 is 15.0. The van der Waals surface area contributed by atoms with E-state index in [1.807, 2.05) is 93.9 Å². The molecule has 4 heteroatoms. The molecule has 2 aliphatic rings. The van der Waals surface area contributed by atoms with Crippen molar-refractivity contribution in [3.63, 3.8) is 0 Å². The van der Waals surface area contributed by atoms with Crippen molar-refractivity contribution in [1.82, 2.24) is 0 Å². The third-order valence-electron chi connectivity index (χ3n) is 2.95. The molecule has 0 amide bonds. The molecule has 0 heterocycles. The average Bonchev–Trinajstić information content (AvgIpc) is 3.26. The summed E-state index contributed by atoms with van der Waals surface area (Å²) in [5.74, 6) is 0.0994. The van der Waals surface area contributed by atoms with E-state index in [0.717, 1.165) is 5.56 Å². The zero-order valence-electron chi connectivity index (χ0n) is 13.0. The zero-order chi connectivity index (χ0) is 17.3. The van der Waals surface area contributed by atoms with Crippen LogP contribution in [0.4, 0.5) is 0 Å². The number of rotatable bonds is 2. The summed E-state index contributed by atoms with van der Waals surface area (Å²) in [5.41, 5.74) is 0.966. The summed E-state index contributed by atoms with van der Waals surface area (Å²) >= 11 is 0. The van der Waals surface area contributed by atoms with E-state index >= 15 is 0 Å². The van der Waals surface area contributed by atoms with Crippen molar-refractivity contribution in [1.29, 1.82) is 0 Å². The molecule has 1 aromatic rings. The minimum atomic E-state index is -0.433. The summed E-state index contributed by atoms with van der Waals surface area (Å²) in [4.78, 5) is 0. The van der Waals surface area contributed by atoms with E-state index in [2.05, 4.69) is 13.3 Å². The van der Waals surface area contributed by atoms with E-state index in [1.54, 1.807) is 0 Å². The first-order chi connectivity index (χ1) is 11.4. The predicted octanol–water partition coefficient (Wildman–Crippen LogP) is 3.46. The summed E-state index contributed by atoms with van der Waals surface area (Å²) in [6.07, 6.45) is 19.5. The number of hydrogen-bond donors (Lipinski definition) is 1. The normalized spacial score (nSPS) is 18.8. The Morgan fingerprint density at radius 3 is 1.71 bits per heavy atom. The van der Waals surface area contributed by atoms with Crippen molar-refractivity contribution < 1.29 is 35.5 Å². The van der Waals surface area contributed by atoms with Crippen molar-refractivity contribution in [2.45, 2.75) is 6.10 Å². The number of benzene rings is 1. The fraction of sp³-hybridized carbons (Fsp3) is 0.100. The van der Waals surface area contributed by atoms with Gasteiger partial charge in [-0.1, -0.05) is 42.5 Å². The van der Waals surface area contributed by atoms with Crippen LogP contribution < -0.4 is 0 Å². The Balaban J connectivity index is 0. The molecule has 1 saturated carbocycles. The molecule has 0 bridgehead atoms. The van der Waals surface area contributed by atoms with Gasteiger partial charge in [-0.05, 0) is 56.9 Å². The maximum atomic E-state index is 10.0. The molecule has 2 unspecified atom stereocenters. The fourth-order valence-corrected chi connectivity index (χ4v) is 1.92. The number of allylic oxidation sites excluding steroid dienone is 1. The summed E-state index contributed by atoms with van der Waals surface area (Å²) in [5, 5.41) is 10.0. The SMILES string of the molecule is OC(c1ccccc1)C1[CH][CH][CH]C=C1.[C-]#[O+].[C-]#[O+].[CH]1[CH][CH][CH][CH]1.[Mo+2]. The topological polar surface area (TPSA) is 60.0 Å². The van der Waals surface area contributed by atoms with Gasteiger partial charge in [-0.15, -0.1) is 0 Å². The molecule has 2 atom stereocenters. The Labute approximate surface area is 160 Å². The second-order valence-corrected chi connectivity index (χ2v) is 4.36. The molecule has 1 fully saturated rings. The van der Waals surface area contributed by atoms with Crippen LogP contribution in [0.5, 0.6) is 0 Å². The predicted molar refractivity (Wildman–Crippen MR) is 86.3 cm³/mol. The molecule has 2 aliphatic carbocycles. The Kier molecular flexibility index (Phi) is 19.4. The molecule has 1 aromatic carbocycles. The van der Waals surface area contributed by atoms with Crippen molar-refractivity contribution in [2.24, 2.45) is 5.92 Å². The zero-order valence-corrected chi connectivity index (χ0v) is 15.0. The van der Waals surface area contributed by atoms with Crippen LogP contribution in [-0.2, 0) is 30.4 Å². The van der Waals surface area contributed by atoms with E-state index in [9.17, 15) is 5.11 Å². The Morgan fingerprint density at radius 2 is 1.29 bits per heavy atom. The van der Waals surface area contributed by atoms with Gasteiger partial charge in [0.2, 0.25) is 0 Å². The van der Waals surface area contributed by atoms with E-state index in [-0.39, 0.29) is 27.0 Å². The second kappa shape index (κ2) is 18.4. The fourth-order valence-electron chi connectivity index (χ4n) is 1.92. The van der Waals surface area contributed by atoms with Crippen LogP contribution in [0.15, 0.2) is 42.5 Å². The van der Waals surface area contributed by atoms with Gasteiger partial charge in [0.15, 0.2) is 0 Å². The molecule has 0 spiro atoms. The molecule has 8 radical (unpaired) electrons. The van der Waals surface area contributed by atoms with E-state index in [1.165, 1.54) is 0 Å². The Hall–Kier alpha value is -0.912. The van der Waals surface area contributed by atoms with Crippen LogP contribution >= 0.6 is 0 Å². The molecule has 3 rings (SSSR count). The molecule has 24 heavy (non-hydrogen) atoms. The molecular weight excluding hydrogens is 384 g/mol. The standard InChI is InChI=1S/C13H13O.C5H5.2CO.Mo/c14-13(11-7-3-1-4-8-11)12-9-5-2-6-10-12;1-2-4-5-3-1;2*1-2;/h1-11,13-14H;1-5H;;;/q;;;;+2. The van der Waals surface area contributed by atoms with Crippen molar-refractivity contribution in [3.8, 4) is 0 Å². The van der Waals surface area contributed by atoms with Crippen LogP contribution in [0, 0.1) is 70.6 Å². The smallest absolute Gasteiger partial charge is 0.0312 e. The first-order valence-corrected chi connectivity index (χ1v) is 6.87. The molecule has 0 aliphatic heterocycles. The maximum Gasteiger partial charge on any atom is 2.00 e. The first kappa shape index (κ1) is 25.3. The van der Waals surface area contributed by atoms with Gasteiger partial charge in [-0.3, -0.25) is 0 Å². The van der Waals surface area contributed by atoms with Crippen molar-refractivity contribution in [2.75, 3.05) is 0 Å². The van der Waals surface area contributed by atoms with Gasteiger partial charge in [0, 0.05) is 5.92 Å². The van der Waals surface area contributed by atoms with E-state index < -0.39 is 6.10 Å². The Morgan fingerprint density at radius 1 is 0.792 bits per heavy atom. The van der Waals surface area contributed by atoms with Gasteiger partial charge in [-0.2, -0.15) is 0 Å². The molecule has 0 aromatic heterocycles. The van der Waals surface area contributed by atoms with Gasteiger partial charge in [0.05, 0.1) is 6.10 Å². The summed E-state index contributed by atoms with van der Waals surface area (Å²) in [6.45, 7) is 9.00. The Bertz CT molecular complexity index is 436. The third kappa shape index (κ3) is 10.8. The van der Waals surface area contributed by atoms with Crippen LogP contribution in [0.3, 0.4) is 0 Å². The van der Waals surface area contributed by atoms with Crippen LogP contribution in [0.1, 0.15) is 11.7 Å². The third-order valence-corrected chi connectivity index (χ3v) is 2.95. The quantitative estimate of drug-likeness (QED) is 0.460. The molecule has 0 saturated heterocycles. The number of aliphatic hydroxyl groups excluding tert-OH is 1. The molecular formula is C20H18MoO3+2. The number of hydrogen-bond acceptors (Lipinski definition) is 1. The second-order valence-electron chi connectivity index (χ2n) is 4.36. The monoisotopic (exact) mass is 404 g/mol. The van der Waals surface area contributed by atoms with Gasteiger partial charge >= 0.3 is 43.7 Å². The van der Waals surface area contributed by atoms with Crippen molar-refractivity contribution >= 4 is 0 Å². The summed E-state index contributed by atoms with van der Waals surface area (Å²) in [7, 11) is 0. The van der Waals surface area contributed by atoms with E-state index in [4.69, 9.17) is 9.30 Å². The van der Waals surface area contributed by atoms with Crippen LogP contribution in [0.2, 0.25) is 0 Å². The van der Waals surface area contributed by atoms with Crippen molar-refractivity contribution in [3.05, 3.63) is 113 Å². The largest absolute Gasteiger partial charge is 2.00 e. The molecule has 3 nitrogen and oxygen atoms in total. The van der Waals surface area contributed by atoms with Crippen LogP contribution in [-0.4, -0.2) is 5.11 Å². The molecule has 120 valence electrons. The van der Waals surface area contributed by atoms with E-state index in [0.29, 0.717) is 0 Å².